The average Bonchev–Trinajstić information content (AvgIpc) is 1.61. The maximum Gasteiger partial charge on any atom is 0.108 e. The number of rotatable bonds is 0. The first kappa shape index (κ1) is 4.09. The van der Waals surface area contributed by atoms with Gasteiger partial charge in [0.1, 0.15) is 6.23 Å². The largest absolute Gasteiger partial charge is 0.378 e. The van der Waals surface area contributed by atoms with Crippen molar-refractivity contribution in [1.82, 2.24) is 4.90 Å². The molecule has 0 saturated carbocycles. The lowest BCUT2D eigenvalue weighted by atomic mass is 10.2. The number of aliphatic hydroxyl groups excluding tert-OH is 1. The van der Waals surface area contributed by atoms with Gasteiger partial charge in [-0.15, -0.1) is 0 Å². The zero-order valence-electron chi connectivity index (χ0n) is 3.89. The number of aliphatic hydroxyl groups is 1. The van der Waals surface area contributed by atoms with Crippen LogP contribution in [0.3, 0.4) is 0 Å². The second-order valence-electron chi connectivity index (χ2n) is 1.75. The summed E-state index contributed by atoms with van der Waals surface area (Å²) < 4.78 is 0. The molecule has 0 aromatic rings. The number of hydrogen-bond acceptors (Lipinski definition) is 2. The summed E-state index contributed by atoms with van der Waals surface area (Å²) in [6.07, 6.45) is 0.821. The third-order valence-corrected chi connectivity index (χ3v) is 1.25. The zero-order chi connectivity index (χ0) is 4.57. The first-order chi connectivity index (χ1) is 2.80. The smallest absolute Gasteiger partial charge is 0.108 e. The molecule has 0 amide bonds. The van der Waals surface area contributed by atoms with Crippen LogP contribution in [0.25, 0.3) is 0 Å². The molecule has 1 atom stereocenters. The van der Waals surface area contributed by atoms with Gasteiger partial charge in [0.2, 0.25) is 0 Å². The molecular weight excluding hydrogens is 78.0 g/mol. The lowest BCUT2D eigenvalue weighted by Gasteiger charge is -2.32. The first-order valence-electron chi connectivity index (χ1n) is 2.19. The van der Waals surface area contributed by atoms with Crippen molar-refractivity contribution in [2.45, 2.75) is 12.6 Å². The molecule has 1 heterocycles. The Balaban J connectivity index is 2.20. The zero-order valence-corrected chi connectivity index (χ0v) is 3.89. The molecular formula is C4H9NO. The summed E-state index contributed by atoms with van der Waals surface area (Å²) in [6, 6.07) is 0. The third-order valence-electron chi connectivity index (χ3n) is 1.25. The van der Waals surface area contributed by atoms with E-state index in [0.717, 1.165) is 13.0 Å². The van der Waals surface area contributed by atoms with Crippen molar-refractivity contribution in [3.05, 3.63) is 0 Å². The van der Waals surface area contributed by atoms with Gasteiger partial charge >= 0.3 is 0 Å². The Morgan fingerprint density at radius 1 is 1.83 bits per heavy atom. The summed E-state index contributed by atoms with van der Waals surface area (Å²) in [6.45, 7) is 1.06. The predicted octanol–water partition coefficient (Wildman–Crippen LogP) is -0.360. The Hall–Kier alpha value is -0.0800. The molecule has 0 aliphatic carbocycles. The molecule has 0 bridgehead atoms. The van der Waals surface area contributed by atoms with Crippen molar-refractivity contribution in [2.75, 3.05) is 13.6 Å². The average molecular weight is 87.1 g/mol. The Kier molecular flexibility index (Phi) is 0.821. The highest BCUT2D eigenvalue weighted by atomic mass is 16.3. The van der Waals surface area contributed by atoms with Crippen molar-refractivity contribution >= 4 is 0 Å². The van der Waals surface area contributed by atoms with Gasteiger partial charge in [-0.05, 0) is 13.5 Å². The second kappa shape index (κ2) is 1.21. The highest BCUT2D eigenvalue weighted by Gasteiger charge is 2.19. The summed E-state index contributed by atoms with van der Waals surface area (Å²) in [5, 5.41) is 8.64. The monoisotopic (exact) mass is 87.1 g/mol. The molecule has 2 nitrogen and oxygen atoms in total. The van der Waals surface area contributed by atoms with Gasteiger partial charge in [0, 0.05) is 6.54 Å². The van der Waals surface area contributed by atoms with E-state index in [0.29, 0.717) is 0 Å². The van der Waals surface area contributed by atoms with Crippen molar-refractivity contribution < 1.29 is 5.11 Å². The topological polar surface area (TPSA) is 23.5 Å². The maximum atomic E-state index is 8.64. The Bertz CT molecular complexity index is 47.5. The molecule has 0 aromatic carbocycles. The molecule has 1 saturated heterocycles. The lowest BCUT2D eigenvalue weighted by molar-refractivity contribution is -0.0554. The minimum absolute atomic E-state index is 0.134. The Morgan fingerprint density at radius 3 is 2.33 bits per heavy atom. The molecule has 0 aromatic heterocycles. The Labute approximate surface area is 37.4 Å². The van der Waals surface area contributed by atoms with Gasteiger partial charge in [-0.3, -0.25) is 4.90 Å². The Morgan fingerprint density at radius 2 is 2.33 bits per heavy atom. The summed E-state index contributed by atoms with van der Waals surface area (Å²) >= 11 is 0. The van der Waals surface area contributed by atoms with Crippen LogP contribution in [0.15, 0.2) is 0 Å². The van der Waals surface area contributed by atoms with Crippen molar-refractivity contribution in [1.29, 1.82) is 0 Å². The summed E-state index contributed by atoms with van der Waals surface area (Å²) in [7, 11) is 1.91. The number of likely N-dealkylation sites (tertiary alicyclic amines) is 1. The number of nitrogens with zero attached hydrogens (tertiary/aromatic N) is 1. The molecule has 1 unspecified atom stereocenters. The molecule has 1 fully saturated rings. The van der Waals surface area contributed by atoms with Gasteiger partial charge in [0.05, 0.1) is 0 Å². The fourth-order valence-electron chi connectivity index (χ4n) is 0.503. The van der Waals surface area contributed by atoms with Crippen LogP contribution in [-0.2, 0) is 0 Å². The van der Waals surface area contributed by atoms with Gasteiger partial charge in [-0.25, -0.2) is 0 Å². The van der Waals surface area contributed by atoms with Gasteiger partial charge in [0.15, 0.2) is 0 Å². The van der Waals surface area contributed by atoms with Crippen LogP contribution in [0.1, 0.15) is 6.42 Å². The van der Waals surface area contributed by atoms with Gasteiger partial charge < -0.3 is 5.11 Å². The van der Waals surface area contributed by atoms with E-state index in [9.17, 15) is 0 Å². The first-order valence-corrected chi connectivity index (χ1v) is 2.19. The van der Waals surface area contributed by atoms with Gasteiger partial charge in [0.25, 0.3) is 0 Å². The van der Waals surface area contributed by atoms with E-state index in [1.165, 1.54) is 0 Å². The minimum atomic E-state index is -0.134. The van der Waals surface area contributed by atoms with Crippen LogP contribution in [0.5, 0.6) is 0 Å². The molecule has 1 aliphatic rings. The molecule has 0 radical (unpaired) electrons. The van der Waals surface area contributed by atoms with E-state index in [2.05, 4.69) is 0 Å². The van der Waals surface area contributed by atoms with Crippen LogP contribution in [0.2, 0.25) is 0 Å². The fourth-order valence-corrected chi connectivity index (χ4v) is 0.503. The molecule has 36 valence electrons. The van der Waals surface area contributed by atoms with Crippen LogP contribution in [-0.4, -0.2) is 29.8 Å². The molecule has 1 aliphatic heterocycles. The fraction of sp³-hybridized carbons (Fsp3) is 1.00. The van der Waals surface area contributed by atoms with E-state index in [1.807, 2.05) is 11.9 Å². The van der Waals surface area contributed by atoms with Crippen molar-refractivity contribution in [3.8, 4) is 0 Å². The van der Waals surface area contributed by atoms with Crippen molar-refractivity contribution in [2.24, 2.45) is 0 Å². The van der Waals surface area contributed by atoms with E-state index in [1.54, 1.807) is 0 Å². The quantitative estimate of drug-likeness (QED) is 0.436. The van der Waals surface area contributed by atoms with E-state index >= 15 is 0 Å². The highest BCUT2D eigenvalue weighted by Crippen LogP contribution is 2.08. The molecule has 0 spiro atoms. The molecule has 1 rings (SSSR count). The maximum absolute atomic E-state index is 8.64. The summed E-state index contributed by atoms with van der Waals surface area (Å²) in [5.41, 5.74) is 0. The molecule has 6 heavy (non-hydrogen) atoms. The predicted molar refractivity (Wildman–Crippen MR) is 23.3 cm³/mol. The van der Waals surface area contributed by atoms with E-state index in [-0.39, 0.29) is 6.23 Å². The van der Waals surface area contributed by atoms with Gasteiger partial charge in [-0.1, -0.05) is 0 Å². The lowest BCUT2D eigenvalue weighted by Crippen LogP contribution is -2.44. The molecule has 2 heteroatoms. The van der Waals surface area contributed by atoms with E-state index < -0.39 is 0 Å². The van der Waals surface area contributed by atoms with E-state index in [4.69, 9.17) is 5.11 Å². The van der Waals surface area contributed by atoms with Crippen LogP contribution < -0.4 is 0 Å². The third kappa shape index (κ3) is 0.420. The van der Waals surface area contributed by atoms with Crippen LogP contribution in [0, 0.1) is 0 Å². The van der Waals surface area contributed by atoms with Crippen LogP contribution >= 0.6 is 0 Å². The standard InChI is InChI=1S/C4H9NO/c1-5-3-2-4(5)6/h4,6H,2-3H2,1H3. The summed E-state index contributed by atoms with van der Waals surface area (Å²) in [4.78, 5) is 1.90. The number of hydrogen-bond donors (Lipinski definition) is 1. The van der Waals surface area contributed by atoms with Crippen LogP contribution in [0.4, 0.5) is 0 Å². The molecule has 1 N–H and O–H groups in total. The highest BCUT2D eigenvalue weighted by molar-refractivity contribution is 4.67. The summed E-state index contributed by atoms with van der Waals surface area (Å²) in [5.74, 6) is 0. The van der Waals surface area contributed by atoms with Crippen molar-refractivity contribution in [3.63, 3.8) is 0 Å². The normalized spacial score (nSPS) is 36.0. The van der Waals surface area contributed by atoms with Gasteiger partial charge in [-0.2, -0.15) is 0 Å². The SMILES string of the molecule is CN1CCC1O. The minimum Gasteiger partial charge on any atom is -0.378 e. The second-order valence-corrected chi connectivity index (χ2v) is 1.75.